The smallest absolute Gasteiger partial charge is 0.126 e. The van der Waals surface area contributed by atoms with Crippen molar-refractivity contribution in [1.29, 1.82) is 0 Å². The first kappa shape index (κ1) is 11.7. The number of rotatable bonds is 2. The van der Waals surface area contributed by atoms with Gasteiger partial charge in [0.15, 0.2) is 0 Å². The van der Waals surface area contributed by atoms with Crippen molar-refractivity contribution in [3.8, 4) is 11.3 Å². The molecule has 0 aliphatic heterocycles. The molecule has 0 saturated carbocycles. The van der Waals surface area contributed by atoms with Gasteiger partial charge in [-0.1, -0.05) is 30.3 Å². The average Bonchev–Trinajstić information content (AvgIpc) is 2.32. The highest BCUT2D eigenvalue weighted by Gasteiger charge is 2.13. The number of nitrogens with zero attached hydrogens (tertiary/aromatic N) is 2. The molecule has 0 aliphatic carbocycles. The molecule has 0 fully saturated rings. The van der Waals surface area contributed by atoms with Crippen molar-refractivity contribution in [3.63, 3.8) is 0 Å². The van der Waals surface area contributed by atoms with Crippen LogP contribution >= 0.6 is 0 Å². The Kier molecular flexibility index (Phi) is 3.20. The number of nitrogens with two attached hydrogens (primary N) is 1. The normalized spacial score (nSPS) is 12.5. The first-order valence-corrected chi connectivity index (χ1v) is 5.75. The molecule has 0 amide bonds. The lowest BCUT2D eigenvalue weighted by Crippen LogP contribution is -2.12. The molecular formula is C14H17N3. The summed E-state index contributed by atoms with van der Waals surface area (Å²) < 4.78 is 0. The number of benzene rings is 1. The first-order valence-electron chi connectivity index (χ1n) is 5.75. The molecular weight excluding hydrogens is 210 g/mol. The maximum atomic E-state index is 5.94. The molecule has 88 valence electrons. The third-order valence-corrected chi connectivity index (χ3v) is 2.77. The fourth-order valence-electron chi connectivity index (χ4n) is 1.97. The third-order valence-electron chi connectivity index (χ3n) is 2.77. The predicted molar refractivity (Wildman–Crippen MR) is 69.5 cm³/mol. The van der Waals surface area contributed by atoms with Gasteiger partial charge in [-0.15, -0.1) is 0 Å². The molecule has 0 aliphatic rings. The van der Waals surface area contributed by atoms with Crippen LogP contribution in [0.4, 0.5) is 0 Å². The van der Waals surface area contributed by atoms with Crippen LogP contribution in [-0.2, 0) is 0 Å². The monoisotopic (exact) mass is 227 g/mol. The molecule has 1 heterocycles. The minimum Gasteiger partial charge on any atom is -0.323 e. The maximum absolute atomic E-state index is 5.94. The van der Waals surface area contributed by atoms with Crippen molar-refractivity contribution < 1.29 is 0 Å². The Labute approximate surface area is 102 Å². The second kappa shape index (κ2) is 4.63. The van der Waals surface area contributed by atoms with Crippen LogP contribution in [0.15, 0.2) is 30.3 Å². The molecule has 0 spiro atoms. The van der Waals surface area contributed by atoms with Gasteiger partial charge < -0.3 is 5.73 Å². The standard InChI is InChI=1S/C14H17N3/c1-9-13(10(2)15)16-11(3)17-14(9)12-7-5-4-6-8-12/h4-8,10H,15H2,1-3H3. The zero-order chi connectivity index (χ0) is 12.4. The van der Waals surface area contributed by atoms with Gasteiger partial charge in [-0.3, -0.25) is 0 Å². The highest BCUT2D eigenvalue weighted by atomic mass is 14.9. The van der Waals surface area contributed by atoms with Crippen molar-refractivity contribution in [2.24, 2.45) is 5.73 Å². The van der Waals surface area contributed by atoms with Crippen LogP contribution in [0.25, 0.3) is 11.3 Å². The van der Waals surface area contributed by atoms with Crippen LogP contribution in [0.5, 0.6) is 0 Å². The van der Waals surface area contributed by atoms with E-state index in [1.54, 1.807) is 0 Å². The van der Waals surface area contributed by atoms with Gasteiger partial charge >= 0.3 is 0 Å². The topological polar surface area (TPSA) is 51.8 Å². The van der Waals surface area contributed by atoms with Crippen LogP contribution in [-0.4, -0.2) is 9.97 Å². The summed E-state index contributed by atoms with van der Waals surface area (Å²) in [4.78, 5) is 8.94. The highest BCUT2D eigenvalue weighted by Crippen LogP contribution is 2.25. The second-order valence-electron chi connectivity index (χ2n) is 4.28. The molecule has 1 aromatic carbocycles. The number of hydrogen-bond donors (Lipinski definition) is 1. The molecule has 0 saturated heterocycles. The minimum atomic E-state index is -0.0702. The van der Waals surface area contributed by atoms with Gasteiger partial charge in [0.05, 0.1) is 11.4 Å². The lowest BCUT2D eigenvalue weighted by Gasteiger charge is -2.13. The summed E-state index contributed by atoms with van der Waals surface area (Å²) in [5, 5.41) is 0. The van der Waals surface area contributed by atoms with E-state index in [-0.39, 0.29) is 6.04 Å². The Morgan fingerprint density at radius 1 is 1.06 bits per heavy atom. The van der Waals surface area contributed by atoms with Crippen molar-refractivity contribution in [1.82, 2.24) is 9.97 Å². The largest absolute Gasteiger partial charge is 0.323 e. The van der Waals surface area contributed by atoms with E-state index in [1.807, 2.05) is 39.0 Å². The van der Waals surface area contributed by atoms with Crippen molar-refractivity contribution in [2.75, 3.05) is 0 Å². The SMILES string of the molecule is Cc1nc(-c2ccccc2)c(C)c(C(C)N)n1. The van der Waals surface area contributed by atoms with Gasteiger partial charge in [-0.25, -0.2) is 9.97 Å². The number of aromatic nitrogens is 2. The zero-order valence-electron chi connectivity index (χ0n) is 10.4. The van der Waals surface area contributed by atoms with Crippen molar-refractivity contribution in [2.45, 2.75) is 26.8 Å². The first-order chi connectivity index (χ1) is 8.09. The lowest BCUT2D eigenvalue weighted by molar-refractivity contribution is 0.756. The fraction of sp³-hybridized carbons (Fsp3) is 0.286. The molecule has 1 unspecified atom stereocenters. The van der Waals surface area contributed by atoms with E-state index >= 15 is 0 Å². The van der Waals surface area contributed by atoms with Crippen LogP contribution in [0.1, 0.15) is 30.0 Å². The Balaban J connectivity index is 2.63. The van der Waals surface area contributed by atoms with Gasteiger partial charge in [0, 0.05) is 11.6 Å². The molecule has 0 bridgehead atoms. The van der Waals surface area contributed by atoms with E-state index in [1.165, 1.54) is 0 Å². The summed E-state index contributed by atoms with van der Waals surface area (Å²) in [6, 6.07) is 10.1. The van der Waals surface area contributed by atoms with Gasteiger partial charge in [0.2, 0.25) is 0 Å². The predicted octanol–water partition coefficient (Wildman–Crippen LogP) is 2.78. The van der Waals surface area contributed by atoms with E-state index in [2.05, 4.69) is 22.1 Å². The molecule has 17 heavy (non-hydrogen) atoms. The number of hydrogen-bond acceptors (Lipinski definition) is 3. The molecule has 2 N–H and O–H groups in total. The van der Waals surface area contributed by atoms with Gasteiger partial charge in [-0.05, 0) is 26.3 Å². The van der Waals surface area contributed by atoms with Crippen LogP contribution in [0.2, 0.25) is 0 Å². The van der Waals surface area contributed by atoms with Crippen molar-refractivity contribution in [3.05, 3.63) is 47.4 Å². The van der Waals surface area contributed by atoms with Crippen LogP contribution < -0.4 is 5.73 Å². The van der Waals surface area contributed by atoms with Crippen LogP contribution in [0, 0.1) is 13.8 Å². The molecule has 2 rings (SSSR count). The molecule has 2 aromatic rings. The summed E-state index contributed by atoms with van der Waals surface area (Å²) in [5.74, 6) is 0.766. The zero-order valence-corrected chi connectivity index (χ0v) is 10.4. The fourth-order valence-corrected chi connectivity index (χ4v) is 1.97. The number of aryl methyl sites for hydroxylation is 1. The molecule has 1 aromatic heterocycles. The van der Waals surface area contributed by atoms with E-state index in [0.717, 1.165) is 28.3 Å². The molecule has 0 radical (unpaired) electrons. The Bertz CT molecular complexity index is 518. The molecule has 1 atom stereocenters. The Hall–Kier alpha value is -1.74. The van der Waals surface area contributed by atoms with E-state index < -0.39 is 0 Å². The highest BCUT2D eigenvalue weighted by molar-refractivity contribution is 5.63. The lowest BCUT2D eigenvalue weighted by atomic mass is 10.0. The summed E-state index contributed by atoms with van der Waals surface area (Å²) in [5.41, 5.74) is 10.0. The average molecular weight is 227 g/mol. The summed E-state index contributed by atoms with van der Waals surface area (Å²) in [7, 11) is 0. The summed E-state index contributed by atoms with van der Waals surface area (Å²) >= 11 is 0. The summed E-state index contributed by atoms with van der Waals surface area (Å²) in [6.45, 7) is 5.88. The van der Waals surface area contributed by atoms with Gasteiger partial charge in [-0.2, -0.15) is 0 Å². The van der Waals surface area contributed by atoms with Crippen LogP contribution in [0.3, 0.4) is 0 Å². The Morgan fingerprint density at radius 3 is 2.29 bits per heavy atom. The van der Waals surface area contributed by atoms with E-state index in [0.29, 0.717) is 0 Å². The summed E-state index contributed by atoms with van der Waals surface area (Å²) in [6.07, 6.45) is 0. The quantitative estimate of drug-likeness (QED) is 0.858. The second-order valence-corrected chi connectivity index (χ2v) is 4.28. The van der Waals surface area contributed by atoms with E-state index in [9.17, 15) is 0 Å². The van der Waals surface area contributed by atoms with Gasteiger partial charge in [0.25, 0.3) is 0 Å². The van der Waals surface area contributed by atoms with Crippen molar-refractivity contribution >= 4 is 0 Å². The van der Waals surface area contributed by atoms with E-state index in [4.69, 9.17) is 5.73 Å². The maximum Gasteiger partial charge on any atom is 0.126 e. The minimum absolute atomic E-state index is 0.0702. The third kappa shape index (κ3) is 2.34. The Morgan fingerprint density at radius 2 is 1.71 bits per heavy atom. The van der Waals surface area contributed by atoms with Gasteiger partial charge in [0.1, 0.15) is 5.82 Å². The molecule has 3 nitrogen and oxygen atoms in total. The molecule has 3 heteroatoms.